The van der Waals surface area contributed by atoms with Crippen LogP contribution in [0.25, 0.3) is 0 Å². The molecule has 0 aliphatic heterocycles. The highest BCUT2D eigenvalue weighted by atomic mass is 16.2. The van der Waals surface area contributed by atoms with E-state index in [0.29, 0.717) is 5.82 Å². The summed E-state index contributed by atoms with van der Waals surface area (Å²) in [5.41, 5.74) is 5.05. The average molecular weight is 268 g/mol. The molecule has 1 heterocycles. The van der Waals surface area contributed by atoms with Crippen molar-refractivity contribution in [2.45, 2.75) is 32.9 Å². The molecule has 0 saturated carbocycles. The highest BCUT2D eigenvalue weighted by Gasteiger charge is 2.17. The first-order valence-electron chi connectivity index (χ1n) is 6.13. The van der Waals surface area contributed by atoms with Crippen molar-refractivity contribution in [2.75, 3.05) is 13.6 Å². The summed E-state index contributed by atoms with van der Waals surface area (Å²) in [6, 6.07) is -0.917. The van der Waals surface area contributed by atoms with E-state index < -0.39 is 6.03 Å². The Bertz CT molecular complexity index is 444. The molecule has 3 N–H and O–H groups in total. The number of carbonyl (C=O) groups is 2. The summed E-state index contributed by atoms with van der Waals surface area (Å²) in [6.45, 7) is 4.52. The van der Waals surface area contributed by atoms with Gasteiger partial charge >= 0.3 is 6.03 Å². The average Bonchev–Trinajstić information content (AvgIpc) is 2.77. The topological polar surface area (TPSA) is 106 Å². The van der Waals surface area contributed by atoms with Crippen molar-refractivity contribution >= 4 is 11.9 Å². The minimum atomic E-state index is -0.642. The monoisotopic (exact) mass is 268 g/mol. The minimum Gasteiger partial charge on any atom is -0.351 e. The molecule has 0 spiro atoms. The molecule has 0 saturated heterocycles. The van der Waals surface area contributed by atoms with Crippen molar-refractivity contribution in [3.05, 3.63) is 12.2 Å². The van der Waals surface area contributed by atoms with Gasteiger partial charge in [-0.1, -0.05) is 6.92 Å². The second-order valence-corrected chi connectivity index (χ2v) is 4.32. The normalized spacial score (nSPS) is 11.9. The van der Waals surface area contributed by atoms with Gasteiger partial charge < -0.3 is 16.0 Å². The van der Waals surface area contributed by atoms with Crippen LogP contribution in [0.4, 0.5) is 4.79 Å². The van der Waals surface area contributed by atoms with E-state index in [0.717, 1.165) is 17.9 Å². The van der Waals surface area contributed by atoms with Crippen molar-refractivity contribution < 1.29 is 9.59 Å². The first kappa shape index (κ1) is 14.9. The molecule has 1 rings (SSSR count). The maximum absolute atomic E-state index is 11.7. The Labute approximate surface area is 112 Å². The number of aryl methyl sites for hydroxylation is 1. The molecule has 106 valence electrons. The van der Waals surface area contributed by atoms with E-state index in [1.54, 1.807) is 4.68 Å². The summed E-state index contributed by atoms with van der Waals surface area (Å²) >= 11 is 0. The first-order valence-corrected chi connectivity index (χ1v) is 6.13. The number of amides is 3. The number of nitrogens with one attached hydrogen (secondary N) is 1. The van der Waals surface area contributed by atoms with Crippen molar-refractivity contribution in [3.63, 3.8) is 0 Å². The summed E-state index contributed by atoms with van der Waals surface area (Å²) in [4.78, 5) is 27.8. The van der Waals surface area contributed by atoms with E-state index in [1.807, 2.05) is 13.8 Å². The maximum atomic E-state index is 11.7. The van der Waals surface area contributed by atoms with Gasteiger partial charge in [0.25, 0.3) is 0 Å². The lowest BCUT2D eigenvalue weighted by molar-refractivity contribution is -0.122. The van der Waals surface area contributed by atoms with E-state index in [1.165, 1.54) is 13.4 Å². The van der Waals surface area contributed by atoms with Gasteiger partial charge in [-0.25, -0.2) is 14.5 Å². The first-order chi connectivity index (χ1) is 8.95. The Kier molecular flexibility index (Phi) is 5.28. The van der Waals surface area contributed by atoms with Gasteiger partial charge in [0, 0.05) is 13.6 Å². The number of likely N-dealkylation sites (N-methyl/N-ethyl adjacent to an activating group) is 1. The standard InChI is InChI=1S/C11H20N6O2/c1-4-5-17-10(13-7-14-17)8(2)15-9(18)6-16(3)11(12)19/h7-8H,4-6H2,1-3H3,(H2,12,19)(H,15,18)/t8-/m1/s1. The van der Waals surface area contributed by atoms with Crippen molar-refractivity contribution in [2.24, 2.45) is 5.73 Å². The Balaban J connectivity index is 2.58. The molecule has 1 atom stereocenters. The van der Waals surface area contributed by atoms with Crippen LogP contribution in [-0.2, 0) is 11.3 Å². The fourth-order valence-electron chi connectivity index (χ4n) is 1.64. The highest BCUT2D eigenvalue weighted by molar-refractivity contribution is 5.83. The summed E-state index contributed by atoms with van der Waals surface area (Å²) in [5, 5.41) is 6.85. The number of hydrogen-bond acceptors (Lipinski definition) is 4. The second-order valence-electron chi connectivity index (χ2n) is 4.32. The fourth-order valence-corrected chi connectivity index (χ4v) is 1.64. The SMILES string of the molecule is CCCn1ncnc1[C@@H](C)NC(=O)CN(C)C(N)=O. The molecular formula is C11H20N6O2. The van der Waals surface area contributed by atoms with Gasteiger partial charge in [0.05, 0.1) is 6.04 Å². The lowest BCUT2D eigenvalue weighted by Crippen LogP contribution is -2.41. The van der Waals surface area contributed by atoms with E-state index in [4.69, 9.17) is 5.73 Å². The smallest absolute Gasteiger partial charge is 0.314 e. The van der Waals surface area contributed by atoms with Crippen molar-refractivity contribution in [1.82, 2.24) is 25.0 Å². The largest absolute Gasteiger partial charge is 0.351 e. The van der Waals surface area contributed by atoms with Gasteiger partial charge in [-0.05, 0) is 13.3 Å². The third kappa shape index (κ3) is 4.23. The summed E-state index contributed by atoms with van der Waals surface area (Å²) in [7, 11) is 1.46. The van der Waals surface area contributed by atoms with Crippen LogP contribution in [0.15, 0.2) is 6.33 Å². The number of urea groups is 1. The van der Waals surface area contributed by atoms with Crippen LogP contribution in [0.2, 0.25) is 0 Å². The molecule has 0 aliphatic rings. The number of carbonyl (C=O) groups excluding carboxylic acids is 2. The molecule has 0 aromatic carbocycles. The Morgan fingerprint density at radius 2 is 2.26 bits per heavy atom. The Hall–Kier alpha value is -2.12. The summed E-state index contributed by atoms with van der Waals surface area (Å²) < 4.78 is 1.75. The van der Waals surface area contributed by atoms with Crippen LogP contribution in [0.3, 0.4) is 0 Å². The predicted molar refractivity (Wildman–Crippen MR) is 69.1 cm³/mol. The Morgan fingerprint density at radius 1 is 1.58 bits per heavy atom. The van der Waals surface area contributed by atoms with E-state index >= 15 is 0 Å². The van der Waals surface area contributed by atoms with Gasteiger partial charge in [-0.2, -0.15) is 5.10 Å². The van der Waals surface area contributed by atoms with Gasteiger partial charge in [0.2, 0.25) is 5.91 Å². The number of nitrogens with zero attached hydrogens (tertiary/aromatic N) is 4. The maximum Gasteiger partial charge on any atom is 0.314 e. The molecule has 0 bridgehead atoms. The molecule has 3 amide bonds. The number of primary amides is 1. The Morgan fingerprint density at radius 3 is 2.84 bits per heavy atom. The van der Waals surface area contributed by atoms with Crippen LogP contribution >= 0.6 is 0 Å². The molecule has 19 heavy (non-hydrogen) atoms. The highest BCUT2D eigenvalue weighted by Crippen LogP contribution is 2.08. The molecule has 8 heteroatoms. The molecule has 0 fully saturated rings. The van der Waals surface area contributed by atoms with Gasteiger partial charge in [-0.3, -0.25) is 4.79 Å². The van der Waals surface area contributed by atoms with Gasteiger partial charge in [0.1, 0.15) is 18.7 Å². The second kappa shape index (κ2) is 6.72. The van der Waals surface area contributed by atoms with Crippen LogP contribution in [-0.4, -0.2) is 45.2 Å². The molecule has 0 unspecified atom stereocenters. The minimum absolute atomic E-state index is 0.0818. The molecule has 1 aromatic heterocycles. The fraction of sp³-hybridized carbons (Fsp3) is 0.636. The van der Waals surface area contributed by atoms with E-state index in [-0.39, 0.29) is 18.5 Å². The predicted octanol–water partition coefficient (Wildman–Crippen LogP) is -0.124. The van der Waals surface area contributed by atoms with Crippen LogP contribution in [0, 0.1) is 0 Å². The molecule has 0 aliphatic carbocycles. The zero-order valence-corrected chi connectivity index (χ0v) is 11.5. The molecule has 8 nitrogen and oxygen atoms in total. The number of aromatic nitrogens is 3. The van der Waals surface area contributed by atoms with E-state index in [9.17, 15) is 9.59 Å². The van der Waals surface area contributed by atoms with Crippen molar-refractivity contribution in [1.29, 1.82) is 0 Å². The third-order valence-electron chi connectivity index (χ3n) is 2.60. The third-order valence-corrected chi connectivity index (χ3v) is 2.60. The van der Waals surface area contributed by atoms with Crippen LogP contribution in [0.5, 0.6) is 0 Å². The summed E-state index contributed by atoms with van der Waals surface area (Å²) in [5.74, 6) is 0.400. The van der Waals surface area contributed by atoms with Gasteiger partial charge in [-0.15, -0.1) is 0 Å². The quantitative estimate of drug-likeness (QED) is 0.749. The van der Waals surface area contributed by atoms with Crippen LogP contribution < -0.4 is 11.1 Å². The molecule has 1 aromatic rings. The lowest BCUT2D eigenvalue weighted by Gasteiger charge is -2.17. The van der Waals surface area contributed by atoms with Crippen molar-refractivity contribution in [3.8, 4) is 0 Å². The van der Waals surface area contributed by atoms with Crippen LogP contribution in [0.1, 0.15) is 32.1 Å². The van der Waals surface area contributed by atoms with Gasteiger partial charge in [0.15, 0.2) is 0 Å². The lowest BCUT2D eigenvalue weighted by atomic mass is 10.3. The summed E-state index contributed by atoms with van der Waals surface area (Å²) in [6.07, 6.45) is 2.39. The number of nitrogens with two attached hydrogens (primary N) is 1. The molecule has 0 radical (unpaired) electrons. The van der Waals surface area contributed by atoms with E-state index in [2.05, 4.69) is 15.4 Å². The zero-order valence-electron chi connectivity index (χ0n) is 11.5. The number of hydrogen-bond donors (Lipinski definition) is 2. The molecular weight excluding hydrogens is 248 g/mol. The zero-order chi connectivity index (χ0) is 14.4. The number of rotatable bonds is 6.